The average molecular weight is 288 g/mol. The Balaban J connectivity index is 2.03. The Hall–Kier alpha value is -1.51. The predicted molar refractivity (Wildman–Crippen MR) is 87.5 cm³/mol. The van der Waals surface area contributed by atoms with E-state index in [1.165, 1.54) is 12.0 Å². The molecule has 3 nitrogen and oxygen atoms in total. The molecule has 1 aliphatic rings. The molecule has 1 aliphatic heterocycles. The Labute approximate surface area is 128 Å². The second-order valence-electron chi connectivity index (χ2n) is 6.80. The van der Waals surface area contributed by atoms with E-state index in [-0.39, 0.29) is 17.5 Å². The summed E-state index contributed by atoms with van der Waals surface area (Å²) in [5.41, 5.74) is 1.17. The van der Waals surface area contributed by atoms with E-state index in [9.17, 15) is 4.79 Å². The normalized spacial score (nSPS) is 21.0. The number of hydrogen-bond acceptors (Lipinski definition) is 1. The van der Waals surface area contributed by atoms with Gasteiger partial charge in [-0.3, -0.25) is 0 Å². The van der Waals surface area contributed by atoms with Crippen molar-refractivity contribution >= 4 is 6.03 Å². The van der Waals surface area contributed by atoms with E-state index in [4.69, 9.17) is 0 Å². The summed E-state index contributed by atoms with van der Waals surface area (Å²) in [5.74, 6) is 0. The first kappa shape index (κ1) is 15.9. The van der Waals surface area contributed by atoms with Gasteiger partial charge in [-0.05, 0) is 38.7 Å². The third kappa shape index (κ3) is 3.58. The molecule has 0 saturated carbocycles. The molecular weight excluding hydrogens is 260 g/mol. The molecule has 1 N–H and O–H groups in total. The highest BCUT2D eigenvalue weighted by atomic mass is 16.2. The molecule has 2 amide bonds. The van der Waals surface area contributed by atoms with Gasteiger partial charge in [-0.1, -0.05) is 44.2 Å². The number of hydrogen-bond donors (Lipinski definition) is 1. The van der Waals surface area contributed by atoms with E-state index in [0.29, 0.717) is 6.04 Å². The Kier molecular flexibility index (Phi) is 4.92. The van der Waals surface area contributed by atoms with Gasteiger partial charge in [-0.15, -0.1) is 0 Å². The number of likely N-dealkylation sites (tertiary alicyclic amines) is 1. The first-order chi connectivity index (χ1) is 9.93. The summed E-state index contributed by atoms with van der Waals surface area (Å²) < 4.78 is 0. The summed E-state index contributed by atoms with van der Waals surface area (Å²) in [6.45, 7) is 9.50. The van der Waals surface area contributed by atoms with E-state index >= 15 is 0 Å². The van der Waals surface area contributed by atoms with E-state index in [2.05, 4.69) is 57.3 Å². The quantitative estimate of drug-likeness (QED) is 0.898. The number of carbonyl (C=O) groups is 1. The van der Waals surface area contributed by atoms with Crippen LogP contribution in [-0.2, 0) is 5.41 Å². The van der Waals surface area contributed by atoms with Gasteiger partial charge in [0.2, 0.25) is 0 Å². The molecule has 2 unspecified atom stereocenters. The van der Waals surface area contributed by atoms with Crippen molar-refractivity contribution < 1.29 is 4.79 Å². The first-order valence-electron chi connectivity index (χ1n) is 8.05. The van der Waals surface area contributed by atoms with Crippen LogP contribution in [0.5, 0.6) is 0 Å². The van der Waals surface area contributed by atoms with Gasteiger partial charge < -0.3 is 10.2 Å². The summed E-state index contributed by atoms with van der Waals surface area (Å²) in [7, 11) is 0. The monoisotopic (exact) mass is 288 g/mol. The Morgan fingerprint density at radius 3 is 2.57 bits per heavy atom. The first-order valence-corrected chi connectivity index (χ1v) is 8.05. The number of carbonyl (C=O) groups excluding carboxylic acids is 1. The smallest absolute Gasteiger partial charge is 0.317 e. The molecular formula is C18H28N2O. The summed E-state index contributed by atoms with van der Waals surface area (Å²) in [6, 6.07) is 10.9. The topological polar surface area (TPSA) is 32.3 Å². The predicted octanol–water partition coefficient (Wildman–Crippen LogP) is 3.94. The molecule has 1 fully saturated rings. The number of rotatable bonds is 3. The summed E-state index contributed by atoms with van der Waals surface area (Å²) >= 11 is 0. The van der Waals surface area contributed by atoms with Crippen LogP contribution in [0.15, 0.2) is 30.3 Å². The van der Waals surface area contributed by atoms with Gasteiger partial charge in [-0.2, -0.15) is 0 Å². The number of piperidine rings is 1. The van der Waals surface area contributed by atoms with Gasteiger partial charge >= 0.3 is 6.03 Å². The maximum absolute atomic E-state index is 12.5. The molecule has 2 rings (SSSR count). The van der Waals surface area contributed by atoms with E-state index in [0.717, 1.165) is 19.4 Å². The lowest BCUT2D eigenvalue weighted by Gasteiger charge is -2.38. The molecule has 1 aromatic rings. The lowest BCUT2D eigenvalue weighted by molar-refractivity contribution is 0.151. The fourth-order valence-corrected chi connectivity index (χ4v) is 2.97. The van der Waals surface area contributed by atoms with Crippen LogP contribution in [-0.4, -0.2) is 29.6 Å². The van der Waals surface area contributed by atoms with Gasteiger partial charge in [0.05, 0.1) is 0 Å². The number of nitrogens with zero attached hydrogens (tertiary/aromatic N) is 1. The van der Waals surface area contributed by atoms with Crippen molar-refractivity contribution in [1.82, 2.24) is 10.2 Å². The minimum absolute atomic E-state index is 0.0821. The van der Waals surface area contributed by atoms with Gasteiger partial charge in [0, 0.05) is 24.0 Å². The minimum atomic E-state index is -0.0874. The van der Waals surface area contributed by atoms with Crippen molar-refractivity contribution in [3.8, 4) is 0 Å². The van der Waals surface area contributed by atoms with Crippen LogP contribution in [0.4, 0.5) is 4.79 Å². The zero-order valence-corrected chi connectivity index (χ0v) is 13.7. The third-order valence-electron chi connectivity index (χ3n) is 5.00. The lowest BCUT2D eigenvalue weighted by Crippen LogP contribution is -2.53. The van der Waals surface area contributed by atoms with Crippen LogP contribution in [0.25, 0.3) is 0 Å². The summed E-state index contributed by atoms with van der Waals surface area (Å²) in [5, 5.41) is 3.21. The van der Waals surface area contributed by atoms with Crippen LogP contribution < -0.4 is 5.32 Å². The standard InChI is InChI=1S/C18H28N2O/c1-14-10-8-9-13-20(14)17(21)19-15(2)18(3,4)16-11-6-5-7-12-16/h5-7,11-12,14-15H,8-10,13H2,1-4H3,(H,19,21). The molecule has 3 heteroatoms. The van der Waals surface area contributed by atoms with Gasteiger partial charge in [0.25, 0.3) is 0 Å². The van der Waals surface area contributed by atoms with Crippen LogP contribution in [0, 0.1) is 0 Å². The summed E-state index contributed by atoms with van der Waals surface area (Å²) in [6.07, 6.45) is 3.47. The number of benzene rings is 1. The maximum Gasteiger partial charge on any atom is 0.317 e. The Bertz CT molecular complexity index is 469. The maximum atomic E-state index is 12.5. The van der Waals surface area contributed by atoms with Crippen LogP contribution in [0.3, 0.4) is 0 Å². The van der Waals surface area contributed by atoms with Crippen molar-refractivity contribution in [2.45, 2.75) is 64.5 Å². The zero-order valence-electron chi connectivity index (χ0n) is 13.7. The highest BCUT2D eigenvalue weighted by molar-refractivity contribution is 5.75. The SMILES string of the molecule is CC1CCCCN1C(=O)NC(C)C(C)(C)c1ccccc1. The van der Waals surface area contributed by atoms with Crippen LogP contribution in [0.2, 0.25) is 0 Å². The van der Waals surface area contributed by atoms with Gasteiger partial charge in [0.15, 0.2) is 0 Å². The van der Waals surface area contributed by atoms with Crippen molar-refractivity contribution in [3.63, 3.8) is 0 Å². The van der Waals surface area contributed by atoms with E-state index < -0.39 is 0 Å². The fraction of sp³-hybridized carbons (Fsp3) is 0.611. The van der Waals surface area contributed by atoms with Gasteiger partial charge in [0.1, 0.15) is 0 Å². The Morgan fingerprint density at radius 2 is 1.95 bits per heavy atom. The van der Waals surface area contributed by atoms with Crippen LogP contribution in [0.1, 0.15) is 52.5 Å². The third-order valence-corrected chi connectivity index (χ3v) is 5.00. The van der Waals surface area contributed by atoms with Crippen molar-refractivity contribution in [2.24, 2.45) is 0 Å². The van der Waals surface area contributed by atoms with E-state index in [1.54, 1.807) is 0 Å². The van der Waals surface area contributed by atoms with Crippen LogP contribution >= 0.6 is 0 Å². The van der Waals surface area contributed by atoms with Crippen molar-refractivity contribution in [2.75, 3.05) is 6.54 Å². The molecule has 2 atom stereocenters. The highest BCUT2D eigenvalue weighted by Crippen LogP contribution is 2.27. The molecule has 1 aromatic carbocycles. The second-order valence-corrected chi connectivity index (χ2v) is 6.80. The molecule has 21 heavy (non-hydrogen) atoms. The second kappa shape index (κ2) is 6.50. The number of amides is 2. The molecule has 1 saturated heterocycles. The molecule has 0 aromatic heterocycles. The number of urea groups is 1. The molecule has 1 heterocycles. The van der Waals surface area contributed by atoms with Crippen molar-refractivity contribution in [3.05, 3.63) is 35.9 Å². The highest BCUT2D eigenvalue weighted by Gasteiger charge is 2.31. The zero-order chi connectivity index (χ0) is 15.5. The fourth-order valence-electron chi connectivity index (χ4n) is 2.97. The molecule has 0 radical (unpaired) electrons. The van der Waals surface area contributed by atoms with Gasteiger partial charge in [-0.25, -0.2) is 4.79 Å². The summed E-state index contributed by atoms with van der Waals surface area (Å²) in [4.78, 5) is 14.5. The molecule has 0 spiro atoms. The largest absolute Gasteiger partial charge is 0.335 e. The van der Waals surface area contributed by atoms with Crippen molar-refractivity contribution in [1.29, 1.82) is 0 Å². The Morgan fingerprint density at radius 1 is 1.29 bits per heavy atom. The molecule has 116 valence electrons. The molecule has 0 bridgehead atoms. The molecule has 0 aliphatic carbocycles. The average Bonchev–Trinajstić information content (AvgIpc) is 2.48. The van der Waals surface area contributed by atoms with E-state index in [1.807, 2.05) is 11.0 Å². The lowest BCUT2D eigenvalue weighted by atomic mass is 9.78. The number of nitrogens with one attached hydrogen (secondary N) is 1. The minimum Gasteiger partial charge on any atom is -0.335 e.